The summed E-state index contributed by atoms with van der Waals surface area (Å²) >= 11 is 0. The van der Waals surface area contributed by atoms with Gasteiger partial charge in [-0.15, -0.1) is 0 Å². The standard InChI is InChI=1S/C14H22N4O/c1-2-18-8-4-14(5-9-18)10-12(11-19-14)17-13-15-6-3-7-16-13/h3,6-7,12H,2,4-5,8-11H2,1H3,(H,15,16,17)/t12-/m1/s1. The number of anilines is 1. The summed E-state index contributed by atoms with van der Waals surface area (Å²) in [6, 6.07) is 2.17. The number of likely N-dealkylation sites (tertiary alicyclic amines) is 1. The molecule has 1 atom stereocenters. The number of rotatable bonds is 3. The molecule has 2 saturated heterocycles. The largest absolute Gasteiger partial charge is 0.373 e. The maximum absolute atomic E-state index is 6.11. The third-order valence-electron chi connectivity index (χ3n) is 4.32. The zero-order valence-electron chi connectivity index (χ0n) is 11.5. The lowest BCUT2D eigenvalue weighted by Crippen LogP contribution is -2.44. The van der Waals surface area contributed by atoms with Gasteiger partial charge in [-0.1, -0.05) is 6.92 Å². The van der Waals surface area contributed by atoms with Crippen LogP contribution in [0.3, 0.4) is 0 Å². The van der Waals surface area contributed by atoms with Gasteiger partial charge in [-0.3, -0.25) is 0 Å². The van der Waals surface area contributed by atoms with E-state index >= 15 is 0 Å². The Morgan fingerprint density at radius 1 is 1.37 bits per heavy atom. The van der Waals surface area contributed by atoms with Crippen molar-refractivity contribution in [1.82, 2.24) is 14.9 Å². The van der Waals surface area contributed by atoms with E-state index in [0.717, 1.165) is 45.5 Å². The van der Waals surface area contributed by atoms with Crippen molar-refractivity contribution in [3.8, 4) is 0 Å². The molecule has 5 nitrogen and oxygen atoms in total. The molecular formula is C14H22N4O. The summed E-state index contributed by atoms with van der Waals surface area (Å²) in [5.41, 5.74) is 0.0954. The Morgan fingerprint density at radius 3 is 2.79 bits per heavy atom. The fourth-order valence-corrected chi connectivity index (χ4v) is 3.12. The van der Waals surface area contributed by atoms with Crippen LogP contribution >= 0.6 is 0 Å². The normalized spacial score (nSPS) is 26.7. The second-order valence-corrected chi connectivity index (χ2v) is 5.55. The van der Waals surface area contributed by atoms with Gasteiger partial charge in [0.25, 0.3) is 0 Å². The minimum Gasteiger partial charge on any atom is -0.373 e. The molecule has 0 radical (unpaired) electrons. The molecule has 0 aromatic carbocycles. The van der Waals surface area contributed by atoms with E-state index in [2.05, 4.69) is 27.1 Å². The molecule has 3 heterocycles. The molecule has 0 amide bonds. The van der Waals surface area contributed by atoms with Gasteiger partial charge in [-0.2, -0.15) is 0 Å². The molecule has 104 valence electrons. The summed E-state index contributed by atoms with van der Waals surface area (Å²) in [7, 11) is 0. The van der Waals surface area contributed by atoms with E-state index in [1.165, 1.54) is 0 Å². The van der Waals surface area contributed by atoms with Crippen LogP contribution in [-0.2, 0) is 4.74 Å². The quantitative estimate of drug-likeness (QED) is 0.895. The van der Waals surface area contributed by atoms with Gasteiger partial charge < -0.3 is 15.0 Å². The molecule has 0 unspecified atom stereocenters. The van der Waals surface area contributed by atoms with E-state index in [1.54, 1.807) is 12.4 Å². The Hall–Kier alpha value is -1.20. The first-order valence-electron chi connectivity index (χ1n) is 7.19. The molecule has 0 bridgehead atoms. The molecule has 2 aliphatic heterocycles. The Morgan fingerprint density at radius 2 is 2.11 bits per heavy atom. The topological polar surface area (TPSA) is 50.3 Å². The first kappa shape index (κ1) is 12.8. The average Bonchev–Trinajstić information content (AvgIpc) is 2.84. The highest BCUT2D eigenvalue weighted by atomic mass is 16.5. The third-order valence-corrected chi connectivity index (χ3v) is 4.32. The predicted molar refractivity (Wildman–Crippen MR) is 74.1 cm³/mol. The van der Waals surface area contributed by atoms with Gasteiger partial charge in [0, 0.05) is 25.5 Å². The number of ether oxygens (including phenoxy) is 1. The number of aromatic nitrogens is 2. The monoisotopic (exact) mass is 262 g/mol. The van der Waals surface area contributed by atoms with Gasteiger partial charge in [-0.05, 0) is 31.9 Å². The SMILES string of the molecule is CCN1CCC2(CC1)C[C@@H](Nc1ncccn1)CO2. The van der Waals surface area contributed by atoms with E-state index < -0.39 is 0 Å². The summed E-state index contributed by atoms with van der Waals surface area (Å²) in [5.74, 6) is 0.708. The first-order chi connectivity index (χ1) is 9.30. The Bertz CT molecular complexity index is 403. The van der Waals surface area contributed by atoms with Crippen LogP contribution in [0, 0.1) is 0 Å². The van der Waals surface area contributed by atoms with Crippen LogP contribution in [0.4, 0.5) is 5.95 Å². The zero-order valence-corrected chi connectivity index (χ0v) is 11.5. The van der Waals surface area contributed by atoms with Crippen molar-refractivity contribution in [2.45, 2.75) is 37.8 Å². The van der Waals surface area contributed by atoms with Crippen molar-refractivity contribution in [1.29, 1.82) is 0 Å². The molecule has 1 N–H and O–H groups in total. The second kappa shape index (κ2) is 5.43. The highest BCUT2D eigenvalue weighted by Gasteiger charge is 2.42. The lowest BCUT2D eigenvalue weighted by Gasteiger charge is -2.38. The number of piperidine rings is 1. The zero-order chi connectivity index (χ0) is 13.1. The van der Waals surface area contributed by atoms with Crippen LogP contribution in [0.25, 0.3) is 0 Å². The average molecular weight is 262 g/mol. The van der Waals surface area contributed by atoms with Gasteiger partial charge in [0.15, 0.2) is 0 Å². The maximum atomic E-state index is 6.11. The van der Waals surface area contributed by atoms with Crippen molar-refractivity contribution in [2.75, 3.05) is 31.6 Å². The molecule has 3 rings (SSSR count). The first-order valence-corrected chi connectivity index (χ1v) is 7.19. The molecular weight excluding hydrogens is 240 g/mol. The van der Waals surface area contributed by atoms with Gasteiger partial charge in [0.1, 0.15) is 0 Å². The number of hydrogen-bond donors (Lipinski definition) is 1. The summed E-state index contributed by atoms with van der Waals surface area (Å²) in [5, 5.41) is 3.38. The molecule has 2 fully saturated rings. The summed E-state index contributed by atoms with van der Waals surface area (Å²) < 4.78 is 6.11. The minimum absolute atomic E-state index is 0.0954. The Kier molecular flexibility index (Phi) is 3.66. The van der Waals surface area contributed by atoms with Crippen molar-refractivity contribution in [3.63, 3.8) is 0 Å². The highest BCUT2D eigenvalue weighted by Crippen LogP contribution is 2.36. The smallest absolute Gasteiger partial charge is 0.222 e. The van der Waals surface area contributed by atoms with Crippen LogP contribution in [0.15, 0.2) is 18.5 Å². The molecule has 2 aliphatic rings. The van der Waals surface area contributed by atoms with Gasteiger partial charge in [0.2, 0.25) is 5.95 Å². The van der Waals surface area contributed by atoms with E-state index in [1.807, 2.05) is 6.07 Å². The number of hydrogen-bond acceptors (Lipinski definition) is 5. The van der Waals surface area contributed by atoms with E-state index in [9.17, 15) is 0 Å². The lowest BCUT2D eigenvalue weighted by molar-refractivity contribution is -0.0424. The van der Waals surface area contributed by atoms with Gasteiger partial charge >= 0.3 is 0 Å². The van der Waals surface area contributed by atoms with Crippen LogP contribution in [0.2, 0.25) is 0 Å². The summed E-state index contributed by atoms with van der Waals surface area (Å²) in [6.07, 6.45) is 6.90. The maximum Gasteiger partial charge on any atom is 0.222 e. The number of nitrogens with zero attached hydrogens (tertiary/aromatic N) is 3. The molecule has 1 aromatic rings. The summed E-state index contributed by atoms with van der Waals surface area (Å²) in [4.78, 5) is 10.9. The molecule has 19 heavy (non-hydrogen) atoms. The van der Waals surface area contributed by atoms with Crippen molar-refractivity contribution < 1.29 is 4.74 Å². The fraction of sp³-hybridized carbons (Fsp3) is 0.714. The predicted octanol–water partition coefficient (Wildman–Crippen LogP) is 1.53. The van der Waals surface area contributed by atoms with Crippen LogP contribution in [0.5, 0.6) is 0 Å². The van der Waals surface area contributed by atoms with Crippen molar-refractivity contribution >= 4 is 5.95 Å². The van der Waals surface area contributed by atoms with Crippen LogP contribution in [-0.4, -0.2) is 52.8 Å². The molecule has 0 saturated carbocycles. The van der Waals surface area contributed by atoms with Crippen LogP contribution < -0.4 is 5.32 Å². The van der Waals surface area contributed by atoms with E-state index in [0.29, 0.717) is 12.0 Å². The van der Waals surface area contributed by atoms with Gasteiger partial charge in [-0.25, -0.2) is 9.97 Å². The van der Waals surface area contributed by atoms with Crippen LogP contribution in [0.1, 0.15) is 26.2 Å². The molecule has 1 spiro atoms. The van der Waals surface area contributed by atoms with Gasteiger partial charge in [0.05, 0.1) is 18.2 Å². The van der Waals surface area contributed by atoms with Crippen molar-refractivity contribution in [3.05, 3.63) is 18.5 Å². The van der Waals surface area contributed by atoms with E-state index in [4.69, 9.17) is 4.74 Å². The molecule has 0 aliphatic carbocycles. The Balaban J connectivity index is 1.56. The minimum atomic E-state index is 0.0954. The fourth-order valence-electron chi connectivity index (χ4n) is 3.12. The summed E-state index contributed by atoms with van der Waals surface area (Å²) in [6.45, 7) is 6.46. The molecule has 5 heteroatoms. The van der Waals surface area contributed by atoms with Crippen molar-refractivity contribution in [2.24, 2.45) is 0 Å². The third kappa shape index (κ3) is 2.87. The van der Waals surface area contributed by atoms with E-state index in [-0.39, 0.29) is 5.60 Å². The highest BCUT2D eigenvalue weighted by molar-refractivity contribution is 5.25. The lowest BCUT2D eigenvalue weighted by atomic mass is 9.87. The second-order valence-electron chi connectivity index (χ2n) is 5.55. The number of nitrogens with one attached hydrogen (secondary N) is 1. The molecule has 1 aromatic heterocycles. The Labute approximate surface area is 114 Å².